The first-order valence-corrected chi connectivity index (χ1v) is 9.37. The van der Waals surface area contributed by atoms with Crippen LogP contribution in [-0.4, -0.2) is 55.3 Å². The fraction of sp³-hybridized carbons (Fsp3) is 0.500. The molecule has 0 bridgehead atoms. The molecule has 0 amide bonds. The van der Waals surface area contributed by atoms with Gasteiger partial charge in [-0.2, -0.15) is 4.98 Å². The van der Waals surface area contributed by atoms with Crippen LogP contribution in [0.15, 0.2) is 30.3 Å². The molecule has 1 fully saturated rings. The van der Waals surface area contributed by atoms with Crippen LogP contribution in [0.3, 0.4) is 0 Å². The lowest BCUT2D eigenvalue weighted by Gasteiger charge is -2.27. The SMILES string of the molecule is CN(C)c1nc2c(c(N3CCC(O)(c4ccccc4)C3)n1)CCNCC2. The van der Waals surface area contributed by atoms with Crippen molar-refractivity contribution in [1.82, 2.24) is 15.3 Å². The summed E-state index contributed by atoms with van der Waals surface area (Å²) < 4.78 is 0. The third-order valence-corrected chi connectivity index (χ3v) is 5.41. The van der Waals surface area contributed by atoms with Crippen molar-refractivity contribution in [1.29, 1.82) is 0 Å². The summed E-state index contributed by atoms with van der Waals surface area (Å²) in [5, 5.41) is 14.7. The van der Waals surface area contributed by atoms with E-state index in [1.165, 1.54) is 5.56 Å². The number of fused-ring (bicyclic) bond motifs is 1. The normalized spacial score (nSPS) is 22.8. The second-order valence-corrected chi connectivity index (χ2v) is 7.49. The summed E-state index contributed by atoms with van der Waals surface area (Å²) in [6, 6.07) is 9.99. The number of nitrogens with one attached hydrogen (secondary N) is 1. The van der Waals surface area contributed by atoms with Crippen molar-refractivity contribution in [2.24, 2.45) is 0 Å². The van der Waals surface area contributed by atoms with Gasteiger partial charge in [0.1, 0.15) is 11.4 Å². The summed E-state index contributed by atoms with van der Waals surface area (Å²) in [7, 11) is 3.95. The number of benzene rings is 1. The zero-order chi connectivity index (χ0) is 18.1. The molecule has 1 aromatic carbocycles. The van der Waals surface area contributed by atoms with Gasteiger partial charge < -0.3 is 20.2 Å². The summed E-state index contributed by atoms with van der Waals surface area (Å²) in [5.74, 6) is 1.74. The first-order chi connectivity index (χ1) is 12.6. The highest BCUT2D eigenvalue weighted by Gasteiger charge is 2.39. The van der Waals surface area contributed by atoms with Crippen molar-refractivity contribution in [2.45, 2.75) is 24.9 Å². The quantitative estimate of drug-likeness (QED) is 0.868. The minimum Gasteiger partial charge on any atom is -0.383 e. The molecule has 0 spiro atoms. The number of hydrogen-bond donors (Lipinski definition) is 2. The van der Waals surface area contributed by atoms with Gasteiger partial charge in [-0.3, -0.25) is 0 Å². The third-order valence-electron chi connectivity index (χ3n) is 5.41. The predicted octanol–water partition coefficient (Wildman–Crippen LogP) is 1.33. The second kappa shape index (κ2) is 6.85. The van der Waals surface area contributed by atoms with Crippen LogP contribution in [0.4, 0.5) is 11.8 Å². The molecule has 6 heteroatoms. The molecule has 6 nitrogen and oxygen atoms in total. The van der Waals surface area contributed by atoms with E-state index in [0.29, 0.717) is 13.0 Å². The maximum atomic E-state index is 11.2. The summed E-state index contributed by atoms with van der Waals surface area (Å²) in [4.78, 5) is 13.9. The van der Waals surface area contributed by atoms with Crippen LogP contribution in [-0.2, 0) is 18.4 Å². The van der Waals surface area contributed by atoms with Gasteiger partial charge in [0, 0.05) is 39.2 Å². The van der Waals surface area contributed by atoms with Crippen LogP contribution in [0, 0.1) is 0 Å². The molecule has 2 aliphatic rings. The van der Waals surface area contributed by atoms with Crippen LogP contribution in [0.25, 0.3) is 0 Å². The molecule has 2 aromatic rings. The second-order valence-electron chi connectivity index (χ2n) is 7.49. The molecule has 4 rings (SSSR count). The van der Waals surface area contributed by atoms with E-state index in [0.717, 1.165) is 55.5 Å². The highest BCUT2D eigenvalue weighted by atomic mass is 16.3. The molecule has 3 heterocycles. The molecule has 1 saturated heterocycles. The fourth-order valence-corrected chi connectivity index (χ4v) is 3.93. The fourth-order valence-electron chi connectivity index (χ4n) is 3.93. The third kappa shape index (κ3) is 3.15. The van der Waals surface area contributed by atoms with E-state index in [2.05, 4.69) is 10.2 Å². The summed E-state index contributed by atoms with van der Waals surface area (Å²) >= 11 is 0. The molecule has 2 aliphatic heterocycles. The molecule has 0 saturated carbocycles. The Morgan fingerprint density at radius 1 is 1.12 bits per heavy atom. The Hall–Kier alpha value is -2.18. The summed E-state index contributed by atoms with van der Waals surface area (Å²) in [6.07, 6.45) is 2.56. The van der Waals surface area contributed by atoms with Gasteiger partial charge in [0.05, 0.1) is 12.2 Å². The highest BCUT2D eigenvalue weighted by molar-refractivity contribution is 5.55. The van der Waals surface area contributed by atoms with E-state index < -0.39 is 5.60 Å². The van der Waals surface area contributed by atoms with E-state index in [1.807, 2.05) is 49.3 Å². The van der Waals surface area contributed by atoms with Crippen LogP contribution < -0.4 is 15.1 Å². The van der Waals surface area contributed by atoms with E-state index in [-0.39, 0.29) is 0 Å². The molecule has 0 aliphatic carbocycles. The minimum absolute atomic E-state index is 0.570. The molecule has 138 valence electrons. The lowest BCUT2D eigenvalue weighted by atomic mass is 9.93. The minimum atomic E-state index is -0.819. The molecule has 1 atom stereocenters. The zero-order valence-electron chi connectivity index (χ0n) is 15.6. The number of aromatic nitrogens is 2. The Kier molecular flexibility index (Phi) is 4.54. The van der Waals surface area contributed by atoms with Gasteiger partial charge in [-0.25, -0.2) is 4.98 Å². The van der Waals surface area contributed by atoms with Gasteiger partial charge in [-0.1, -0.05) is 30.3 Å². The Balaban J connectivity index is 1.70. The number of hydrogen-bond acceptors (Lipinski definition) is 6. The number of aliphatic hydroxyl groups is 1. The number of rotatable bonds is 3. The van der Waals surface area contributed by atoms with Crippen LogP contribution in [0.2, 0.25) is 0 Å². The lowest BCUT2D eigenvalue weighted by molar-refractivity contribution is 0.0606. The number of anilines is 2. The van der Waals surface area contributed by atoms with Crippen LogP contribution in [0.1, 0.15) is 23.2 Å². The monoisotopic (exact) mass is 353 g/mol. The lowest BCUT2D eigenvalue weighted by Crippen LogP contribution is -2.32. The van der Waals surface area contributed by atoms with E-state index in [4.69, 9.17) is 9.97 Å². The van der Waals surface area contributed by atoms with E-state index in [9.17, 15) is 5.11 Å². The van der Waals surface area contributed by atoms with Gasteiger partial charge in [0.2, 0.25) is 5.95 Å². The summed E-state index contributed by atoms with van der Waals surface area (Å²) in [5.41, 5.74) is 2.54. The Morgan fingerprint density at radius 3 is 2.65 bits per heavy atom. The van der Waals surface area contributed by atoms with Gasteiger partial charge in [0.25, 0.3) is 0 Å². The molecule has 0 radical (unpaired) electrons. The first-order valence-electron chi connectivity index (χ1n) is 9.37. The van der Waals surface area contributed by atoms with Crippen molar-refractivity contribution in [3.63, 3.8) is 0 Å². The molecule has 1 unspecified atom stereocenters. The molecular formula is C20H27N5O. The van der Waals surface area contributed by atoms with Crippen molar-refractivity contribution in [3.05, 3.63) is 47.2 Å². The maximum Gasteiger partial charge on any atom is 0.227 e. The maximum absolute atomic E-state index is 11.2. The standard InChI is InChI=1S/C20H27N5O/c1-24(2)19-22-17-9-12-21-11-8-16(17)18(23-19)25-13-10-20(26,14-25)15-6-4-3-5-7-15/h3-7,21,26H,8-14H2,1-2H3. The number of β-amino-alcohol motifs (C(OH)–C–C–N with tert-alkyl or cyclic N) is 1. The molecule has 2 N–H and O–H groups in total. The van der Waals surface area contributed by atoms with Crippen molar-refractivity contribution < 1.29 is 5.11 Å². The Morgan fingerprint density at radius 2 is 1.88 bits per heavy atom. The average molecular weight is 353 g/mol. The van der Waals surface area contributed by atoms with E-state index >= 15 is 0 Å². The number of nitrogens with zero attached hydrogens (tertiary/aromatic N) is 4. The van der Waals surface area contributed by atoms with E-state index in [1.54, 1.807) is 0 Å². The molecular weight excluding hydrogens is 326 g/mol. The van der Waals surface area contributed by atoms with Crippen molar-refractivity contribution in [3.8, 4) is 0 Å². The smallest absolute Gasteiger partial charge is 0.227 e. The van der Waals surface area contributed by atoms with Crippen LogP contribution >= 0.6 is 0 Å². The topological polar surface area (TPSA) is 64.5 Å². The largest absolute Gasteiger partial charge is 0.383 e. The van der Waals surface area contributed by atoms with Gasteiger partial charge in [-0.15, -0.1) is 0 Å². The van der Waals surface area contributed by atoms with Gasteiger partial charge in [-0.05, 0) is 24.9 Å². The Bertz CT molecular complexity index is 779. The summed E-state index contributed by atoms with van der Waals surface area (Å²) in [6.45, 7) is 3.27. The van der Waals surface area contributed by atoms with Crippen LogP contribution in [0.5, 0.6) is 0 Å². The Labute approximate surface area is 154 Å². The molecule has 1 aromatic heterocycles. The van der Waals surface area contributed by atoms with Crippen molar-refractivity contribution >= 4 is 11.8 Å². The van der Waals surface area contributed by atoms with Gasteiger partial charge >= 0.3 is 0 Å². The predicted molar refractivity (Wildman–Crippen MR) is 104 cm³/mol. The molecule has 26 heavy (non-hydrogen) atoms. The average Bonchev–Trinajstić information content (AvgIpc) is 2.90. The highest BCUT2D eigenvalue weighted by Crippen LogP contribution is 2.36. The first kappa shape index (κ1) is 17.2. The van der Waals surface area contributed by atoms with Gasteiger partial charge in [0.15, 0.2) is 0 Å². The van der Waals surface area contributed by atoms with Crippen molar-refractivity contribution in [2.75, 3.05) is 50.1 Å². The zero-order valence-corrected chi connectivity index (χ0v) is 15.6.